The maximum Gasteiger partial charge on any atom is 0.0739 e. The first-order chi connectivity index (χ1) is 9.06. The van der Waals surface area contributed by atoms with Gasteiger partial charge in [-0.15, -0.1) is 0 Å². The molecule has 19 heavy (non-hydrogen) atoms. The Bertz CT molecular complexity index is 377. The SMILES string of the molecule is CCn1nc(C)c(Br)c1CNCCCOCC(C)C. The van der Waals surface area contributed by atoms with E-state index in [1.807, 2.05) is 11.6 Å². The highest BCUT2D eigenvalue weighted by atomic mass is 79.9. The third-order valence-corrected chi connectivity index (χ3v) is 3.87. The second-order valence-corrected chi connectivity index (χ2v) is 5.95. The number of nitrogens with zero attached hydrogens (tertiary/aromatic N) is 2. The molecule has 0 aliphatic carbocycles. The van der Waals surface area contributed by atoms with Crippen LogP contribution in [0.3, 0.4) is 0 Å². The first kappa shape index (κ1) is 16.7. The van der Waals surface area contributed by atoms with E-state index in [2.05, 4.69) is 47.1 Å². The molecule has 0 aliphatic heterocycles. The fourth-order valence-corrected chi connectivity index (χ4v) is 2.29. The summed E-state index contributed by atoms with van der Waals surface area (Å²) >= 11 is 3.60. The third-order valence-electron chi connectivity index (χ3n) is 2.84. The summed E-state index contributed by atoms with van der Waals surface area (Å²) in [7, 11) is 0. The maximum atomic E-state index is 5.55. The highest BCUT2D eigenvalue weighted by molar-refractivity contribution is 9.10. The molecule has 5 heteroatoms. The van der Waals surface area contributed by atoms with E-state index >= 15 is 0 Å². The lowest BCUT2D eigenvalue weighted by Gasteiger charge is -2.09. The molecule has 1 aromatic rings. The number of rotatable bonds is 9. The van der Waals surface area contributed by atoms with Gasteiger partial charge in [0, 0.05) is 26.3 Å². The highest BCUT2D eigenvalue weighted by Gasteiger charge is 2.10. The quantitative estimate of drug-likeness (QED) is 0.706. The maximum absolute atomic E-state index is 5.55. The standard InChI is InChI=1S/C14H26BrN3O/c1-5-18-13(14(15)12(4)17-18)9-16-7-6-8-19-10-11(2)3/h11,16H,5-10H2,1-4H3. The van der Waals surface area contributed by atoms with E-state index in [1.165, 1.54) is 5.69 Å². The van der Waals surface area contributed by atoms with Crippen molar-refractivity contribution >= 4 is 15.9 Å². The van der Waals surface area contributed by atoms with Gasteiger partial charge in [0.15, 0.2) is 0 Å². The predicted molar refractivity (Wildman–Crippen MR) is 82.3 cm³/mol. The molecular formula is C14H26BrN3O. The molecule has 1 heterocycles. The monoisotopic (exact) mass is 331 g/mol. The Balaban J connectivity index is 2.22. The van der Waals surface area contributed by atoms with Crippen LogP contribution >= 0.6 is 15.9 Å². The molecular weight excluding hydrogens is 306 g/mol. The number of hydrogen-bond donors (Lipinski definition) is 1. The van der Waals surface area contributed by atoms with E-state index in [0.29, 0.717) is 5.92 Å². The van der Waals surface area contributed by atoms with Crippen molar-refractivity contribution in [2.45, 2.75) is 47.2 Å². The number of halogens is 1. The topological polar surface area (TPSA) is 39.1 Å². The minimum Gasteiger partial charge on any atom is -0.381 e. The lowest BCUT2D eigenvalue weighted by Crippen LogP contribution is -2.19. The number of aromatic nitrogens is 2. The molecule has 1 aromatic heterocycles. The van der Waals surface area contributed by atoms with Gasteiger partial charge in [0.2, 0.25) is 0 Å². The zero-order valence-electron chi connectivity index (χ0n) is 12.5. The van der Waals surface area contributed by atoms with Crippen molar-refractivity contribution in [1.82, 2.24) is 15.1 Å². The number of aryl methyl sites for hydroxylation is 2. The van der Waals surface area contributed by atoms with E-state index in [1.54, 1.807) is 0 Å². The Morgan fingerprint density at radius 2 is 2.16 bits per heavy atom. The molecule has 0 aliphatic rings. The van der Waals surface area contributed by atoms with Crippen LogP contribution in [0.5, 0.6) is 0 Å². The van der Waals surface area contributed by atoms with Crippen molar-refractivity contribution in [2.75, 3.05) is 19.8 Å². The smallest absolute Gasteiger partial charge is 0.0739 e. The Hall–Kier alpha value is -0.390. The first-order valence-corrected chi connectivity index (χ1v) is 7.85. The highest BCUT2D eigenvalue weighted by Crippen LogP contribution is 2.20. The summed E-state index contributed by atoms with van der Waals surface area (Å²) in [5.74, 6) is 0.616. The minimum atomic E-state index is 0.616. The van der Waals surface area contributed by atoms with E-state index in [-0.39, 0.29) is 0 Å². The molecule has 0 fully saturated rings. The lowest BCUT2D eigenvalue weighted by molar-refractivity contribution is 0.108. The summed E-state index contributed by atoms with van der Waals surface area (Å²) in [6, 6.07) is 0. The van der Waals surface area contributed by atoms with Crippen LogP contribution in [0.15, 0.2) is 4.47 Å². The Kier molecular flexibility index (Phi) is 7.64. The van der Waals surface area contributed by atoms with Crippen molar-refractivity contribution in [1.29, 1.82) is 0 Å². The fourth-order valence-electron chi connectivity index (χ4n) is 1.86. The average Bonchev–Trinajstić information content (AvgIpc) is 2.64. The molecule has 0 atom stereocenters. The Morgan fingerprint density at radius 1 is 1.42 bits per heavy atom. The zero-order chi connectivity index (χ0) is 14.3. The van der Waals surface area contributed by atoms with Crippen LogP contribution < -0.4 is 5.32 Å². The van der Waals surface area contributed by atoms with Crippen LogP contribution in [0, 0.1) is 12.8 Å². The van der Waals surface area contributed by atoms with Crippen LogP contribution in [-0.2, 0) is 17.8 Å². The van der Waals surface area contributed by atoms with Crippen LogP contribution in [0.4, 0.5) is 0 Å². The van der Waals surface area contributed by atoms with Gasteiger partial charge in [0.05, 0.1) is 15.9 Å². The second kappa shape index (κ2) is 8.72. The molecule has 0 spiro atoms. The van der Waals surface area contributed by atoms with Gasteiger partial charge in [-0.2, -0.15) is 5.10 Å². The predicted octanol–water partition coefficient (Wildman–Crippen LogP) is 3.13. The molecule has 1 N–H and O–H groups in total. The Morgan fingerprint density at radius 3 is 2.79 bits per heavy atom. The van der Waals surface area contributed by atoms with E-state index in [4.69, 9.17) is 4.74 Å². The molecule has 4 nitrogen and oxygen atoms in total. The summed E-state index contributed by atoms with van der Waals surface area (Å²) in [4.78, 5) is 0. The van der Waals surface area contributed by atoms with Gasteiger partial charge in [-0.25, -0.2) is 0 Å². The number of ether oxygens (including phenoxy) is 1. The summed E-state index contributed by atoms with van der Waals surface area (Å²) in [5.41, 5.74) is 2.28. The fraction of sp³-hybridized carbons (Fsp3) is 0.786. The number of nitrogens with one attached hydrogen (secondary N) is 1. The summed E-state index contributed by atoms with van der Waals surface area (Å²) < 4.78 is 8.72. The molecule has 0 bridgehead atoms. The molecule has 0 amide bonds. The van der Waals surface area contributed by atoms with Crippen molar-refractivity contribution < 1.29 is 4.74 Å². The normalized spacial score (nSPS) is 11.5. The molecule has 0 aromatic carbocycles. The van der Waals surface area contributed by atoms with Crippen LogP contribution in [0.1, 0.15) is 38.6 Å². The largest absolute Gasteiger partial charge is 0.381 e. The first-order valence-electron chi connectivity index (χ1n) is 7.06. The second-order valence-electron chi connectivity index (χ2n) is 5.16. The zero-order valence-corrected chi connectivity index (χ0v) is 14.1. The van der Waals surface area contributed by atoms with Gasteiger partial charge in [-0.05, 0) is 48.7 Å². The van der Waals surface area contributed by atoms with Crippen molar-refractivity contribution in [3.05, 3.63) is 15.9 Å². The van der Waals surface area contributed by atoms with Gasteiger partial charge in [0.1, 0.15) is 0 Å². The molecule has 1 rings (SSSR count). The van der Waals surface area contributed by atoms with Gasteiger partial charge in [-0.3, -0.25) is 4.68 Å². The number of hydrogen-bond acceptors (Lipinski definition) is 3. The molecule has 0 unspecified atom stereocenters. The van der Waals surface area contributed by atoms with Gasteiger partial charge >= 0.3 is 0 Å². The minimum absolute atomic E-state index is 0.616. The summed E-state index contributed by atoms with van der Waals surface area (Å²) in [6.07, 6.45) is 1.05. The molecule has 110 valence electrons. The molecule has 0 radical (unpaired) electrons. The van der Waals surface area contributed by atoms with Gasteiger partial charge in [-0.1, -0.05) is 13.8 Å². The van der Waals surface area contributed by atoms with Gasteiger partial charge < -0.3 is 10.1 Å². The average molecular weight is 332 g/mol. The van der Waals surface area contributed by atoms with Crippen molar-refractivity contribution in [3.8, 4) is 0 Å². The van der Waals surface area contributed by atoms with Crippen LogP contribution in [0.25, 0.3) is 0 Å². The van der Waals surface area contributed by atoms with E-state index < -0.39 is 0 Å². The molecule has 0 saturated carbocycles. The third kappa shape index (κ3) is 5.63. The van der Waals surface area contributed by atoms with Crippen molar-refractivity contribution in [3.63, 3.8) is 0 Å². The Labute approximate surface area is 125 Å². The van der Waals surface area contributed by atoms with E-state index in [0.717, 1.165) is 49.4 Å². The molecule has 0 saturated heterocycles. The van der Waals surface area contributed by atoms with Crippen molar-refractivity contribution in [2.24, 2.45) is 5.92 Å². The van der Waals surface area contributed by atoms with Gasteiger partial charge in [0.25, 0.3) is 0 Å². The summed E-state index contributed by atoms with van der Waals surface area (Å²) in [6.45, 7) is 12.9. The van der Waals surface area contributed by atoms with Crippen LogP contribution in [0.2, 0.25) is 0 Å². The van der Waals surface area contributed by atoms with Crippen LogP contribution in [-0.4, -0.2) is 29.5 Å². The summed E-state index contributed by atoms with van der Waals surface area (Å²) in [5, 5.41) is 7.93. The lowest BCUT2D eigenvalue weighted by atomic mass is 10.2. The van der Waals surface area contributed by atoms with E-state index in [9.17, 15) is 0 Å².